The number of allylic oxidation sites excluding steroid dienone is 1. The van der Waals surface area contributed by atoms with E-state index in [-0.39, 0.29) is 39.3 Å². The van der Waals surface area contributed by atoms with E-state index in [1.807, 2.05) is 0 Å². The van der Waals surface area contributed by atoms with E-state index in [9.17, 15) is 4.79 Å². The Labute approximate surface area is 137 Å². The zero-order valence-electron chi connectivity index (χ0n) is 11.1. The second-order valence-corrected chi connectivity index (χ2v) is 3.17. The third kappa shape index (κ3) is 5.16. The number of hydrogen-bond donors (Lipinski definition) is 0. The summed E-state index contributed by atoms with van der Waals surface area (Å²) in [6, 6.07) is 0. The van der Waals surface area contributed by atoms with Crippen LogP contribution >= 0.6 is 0 Å². The molecule has 0 saturated carbocycles. The molecule has 99 valence electrons. The summed E-state index contributed by atoms with van der Waals surface area (Å²) < 4.78 is 4.70. The summed E-state index contributed by atoms with van der Waals surface area (Å²) >= 11 is 0. The fraction of sp³-hybridized carbons (Fsp3) is 0.333. The Morgan fingerprint density at radius 1 is 1.58 bits per heavy atom. The van der Waals surface area contributed by atoms with Gasteiger partial charge in [-0.2, -0.15) is 6.92 Å². The van der Waals surface area contributed by atoms with Gasteiger partial charge in [-0.05, 0) is 6.92 Å². The molecule has 1 rings (SSSR count). The Bertz CT molecular complexity index is 475. The standard InChI is InChI=1S/C12H14N3O3.Y/c1-4-9(12(16)17-3)10-6-13-8-14-11(10)7-18-15-5-2;/h4,6,8H,7H2,1-3H3;/q-1;/b9-4+;. The molecule has 0 unspecified atom stereocenters. The van der Waals surface area contributed by atoms with Crippen molar-refractivity contribution in [2.24, 2.45) is 5.16 Å². The molecule has 0 saturated heterocycles. The van der Waals surface area contributed by atoms with Crippen molar-refractivity contribution in [3.63, 3.8) is 0 Å². The summed E-state index contributed by atoms with van der Waals surface area (Å²) in [7, 11) is 1.32. The van der Waals surface area contributed by atoms with Crippen LogP contribution in [0.15, 0.2) is 23.8 Å². The van der Waals surface area contributed by atoms with Gasteiger partial charge >= 0.3 is 5.97 Å². The molecule has 0 aliphatic heterocycles. The van der Waals surface area contributed by atoms with Crippen molar-refractivity contribution in [2.45, 2.75) is 20.5 Å². The summed E-state index contributed by atoms with van der Waals surface area (Å²) in [6.45, 7) is 3.49. The maximum absolute atomic E-state index is 11.6. The summed E-state index contributed by atoms with van der Waals surface area (Å²) in [5.74, 6) is -0.445. The summed E-state index contributed by atoms with van der Waals surface area (Å²) in [5, 5.41) is 3.51. The fourth-order valence-electron chi connectivity index (χ4n) is 1.35. The van der Waals surface area contributed by atoms with Crippen molar-refractivity contribution in [3.8, 4) is 0 Å². The Morgan fingerprint density at radius 2 is 2.32 bits per heavy atom. The van der Waals surface area contributed by atoms with Gasteiger partial charge < -0.3 is 20.9 Å². The zero-order chi connectivity index (χ0) is 13.4. The van der Waals surface area contributed by atoms with Crippen LogP contribution in [0.2, 0.25) is 0 Å². The molecule has 19 heavy (non-hydrogen) atoms. The van der Waals surface area contributed by atoms with E-state index in [0.29, 0.717) is 16.8 Å². The molecule has 6 nitrogen and oxygen atoms in total. The predicted octanol–water partition coefficient (Wildman–Crippen LogP) is 1.45. The van der Waals surface area contributed by atoms with Gasteiger partial charge in [0, 0.05) is 44.5 Å². The monoisotopic (exact) mass is 337 g/mol. The molecular weight excluding hydrogens is 323 g/mol. The van der Waals surface area contributed by atoms with Gasteiger partial charge in [0.05, 0.1) is 18.4 Å². The van der Waals surface area contributed by atoms with E-state index in [1.54, 1.807) is 19.9 Å². The topological polar surface area (TPSA) is 73.7 Å². The number of nitrogens with zero attached hydrogens (tertiary/aromatic N) is 3. The van der Waals surface area contributed by atoms with Gasteiger partial charge in [-0.3, -0.25) is 0 Å². The van der Waals surface area contributed by atoms with Crippen LogP contribution in [-0.4, -0.2) is 29.3 Å². The van der Waals surface area contributed by atoms with Crippen molar-refractivity contribution in [1.29, 1.82) is 0 Å². The third-order valence-electron chi connectivity index (χ3n) is 2.14. The molecule has 0 aliphatic carbocycles. The van der Waals surface area contributed by atoms with Crippen LogP contribution in [0.25, 0.3) is 5.57 Å². The first-order valence-corrected chi connectivity index (χ1v) is 5.27. The first-order valence-electron chi connectivity index (χ1n) is 5.27. The van der Waals surface area contributed by atoms with Gasteiger partial charge in [-0.25, -0.2) is 14.8 Å². The average Bonchev–Trinajstić information content (AvgIpc) is 2.41. The van der Waals surface area contributed by atoms with Gasteiger partial charge in [0.2, 0.25) is 0 Å². The molecule has 0 bridgehead atoms. The fourth-order valence-corrected chi connectivity index (χ4v) is 1.35. The zero-order valence-corrected chi connectivity index (χ0v) is 13.9. The second-order valence-electron chi connectivity index (χ2n) is 3.17. The number of rotatable bonds is 5. The van der Waals surface area contributed by atoms with Crippen LogP contribution in [0.5, 0.6) is 0 Å². The molecule has 0 N–H and O–H groups in total. The Hall–Kier alpha value is -1.14. The first-order chi connectivity index (χ1) is 8.74. The van der Waals surface area contributed by atoms with Crippen molar-refractivity contribution in [2.75, 3.05) is 7.11 Å². The SMILES string of the molecule is C[C-]=NOCc1ncncc1/C(=C\C)C(=O)OC.[Y]. The molecule has 1 aromatic heterocycles. The minimum Gasteiger partial charge on any atom is -0.465 e. The number of hydrogen-bond acceptors (Lipinski definition) is 6. The number of esters is 1. The van der Waals surface area contributed by atoms with Crippen LogP contribution in [0, 0.1) is 0 Å². The second kappa shape index (κ2) is 9.75. The summed E-state index contributed by atoms with van der Waals surface area (Å²) in [6.07, 6.45) is 7.05. The molecule has 0 aliphatic rings. The van der Waals surface area contributed by atoms with Crippen LogP contribution in [-0.2, 0) is 53.7 Å². The molecule has 1 heterocycles. The van der Waals surface area contributed by atoms with Crippen LogP contribution < -0.4 is 0 Å². The van der Waals surface area contributed by atoms with Crippen molar-refractivity contribution >= 4 is 17.8 Å². The van der Waals surface area contributed by atoms with Gasteiger partial charge in [-0.15, -0.1) is 0 Å². The smallest absolute Gasteiger partial charge is 0.338 e. The van der Waals surface area contributed by atoms with Gasteiger partial charge in [0.25, 0.3) is 0 Å². The Balaban J connectivity index is 0.00000324. The normalized spacial score (nSPS) is 11.0. The number of aromatic nitrogens is 2. The molecule has 7 heteroatoms. The van der Waals surface area contributed by atoms with Gasteiger partial charge in [-0.1, -0.05) is 6.08 Å². The maximum atomic E-state index is 11.6. The minimum atomic E-state index is -0.445. The average molecular weight is 337 g/mol. The molecule has 1 aromatic rings. The van der Waals surface area contributed by atoms with Crippen LogP contribution in [0.1, 0.15) is 25.1 Å². The molecule has 0 fully saturated rings. The van der Waals surface area contributed by atoms with E-state index in [2.05, 4.69) is 21.3 Å². The summed E-state index contributed by atoms with van der Waals surface area (Å²) in [5.41, 5.74) is 1.52. The van der Waals surface area contributed by atoms with Crippen LogP contribution in [0.3, 0.4) is 0 Å². The molecule has 0 atom stereocenters. The van der Waals surface area contributed by atoms with Crippen LogP contribution in [0.4, 0.5) is 0 Å². The van der Waals surface area contributed by atoms with E-state index in [1.165, 1.54) is 19.6 Å². The maximum Gasteiger partial charge on any atom is 0.338 e. The first kappa shape index (κ1) is 17.9. The number of carbonyl (C=O) groups excluding carboxylic acids is 1. The molecule has 0 amide bonds. The Morgan fingerprint density at radius 3 is 2.89 bits per heavy atom. The number of methoxy groups -OCH3 is 1. The quantitative estimate of drug-likeness (QED) is 0.267. The predicted molar refractivity (Wildman–Crippen MR) is 65.6 cm³/mol. The minimum absolute atomic E-state index is 0. The number of carbonyl (C=O) groups is 1. The van der Waals surface area contributed by atoms with Crippen molar-refractivity contribution < 1.29 is 47.1 Å². The molecule has 1 radical (unpaired) electrons. The number of ether oxygens (including phenoxy) is 1. The molecular formula is C12H14N3O3Y-. The van der Waals surface area contributed by atoms with E-state index in [0.717, 1.165) is 0 Å². The third-order valence-corrected chi connectivity index (χ3v) is 2.14. The van der Waals surface area contributed by atoms with Gasteiger partial charge in [0.1, 0.15) is 6.33 Å². The van der Waals surface area contributed by atoms with E-state index in [4.69, 9.17) is 9.57 Å². The summed E-state index contributed by atoms with van der Waals surface area (Å²) in [4.78, 5) is 24.5. The van der Waals surface area contributed by atoms with E-state index < -0.39 is 5.97 Å². The Kier molecular flexibility index (Phi) is 9.17. The largest absolute Gasteiger partial charge is 0.465 e. The van der Waals surface area contributed by atoms with Gasteiger partial charge in [0.15, 0.2) is 6.61 Å². The molecule has 0 spiro atoms. The molecule has 0 aromatic carbocycles. The van der Waals surface area contributed by atoms with Crippen molar-refractivity contribution in [3.05, 3.63) is 29.9 Å². The van der Waals surface area contributed by atoms with Crippen molar-refractivity contribution in [1.82, 2.24) is 9.97 Å². The van der Waals surface area contributed by atoms with E-state index >= 15 is 0 Å².